The Balaban J connectivity index is 2.00. The average Bonchev–Trinajstić information content (AvgIpc) is 2.88. The number of aromatic nitrogens is 2. The van der Waals surface area contributed by atoms with Gasteiger partial charge in [0, 0.05) is 25.7 Å². The predicted octanol–water partition coefficient (Wildman–Crippen LogP) is 1.74. The van der Waals surface area contributed by atoms with Crippen LogP contribution in [-0.2, 0) is 26.7 Å². The van der Waals surface area contributed by atoms with Crippen LogP contribution >= 0.6 is 0 Å². The molecule has 0 bridgehead atoms. The molecular weight excluding hydrogens is 226 g/mol. The van der Waals surface area contributed by atoms with Gasteiger partial charge < -0.3 is 10.0 Å². The van der Waals surface area contributed by atoms with E-state index in [1.165, 1.54) is 11.1 Å². The number of benzene rings is 1. The monoisotopic (exact) mass is 243 g/mol. The Morgan fingerprint density at radius 3 is 2.39 bits per heavy atom. The number of hydrogen-bond donors (Lipinski definition) is 1. The van der Waals surface area contributed by atoms with Gasteiger partial charge in [0.15, 0.2) is 0 Å². The molecule has 1 aromatic heterocycles. The van der Waals surface area contributed by atoms with E-state index in [-0.39, 0.29) is 6.61 Å². The molecule has 4 heteroatoms. The highest BCUT2D eigenvalue weighted by Crippen LogP contribution is 2.31. The van der Waals surface area contributed by atoms with Crippen LogP contribution in [0, 0.1) is 6.92 Å². The van der Waals surface area contributed by atoms with Gasteiger partial charge in [-0.1, -0.05) is 24.3 Å². The van der Waals surface area contributed by atoms with Crippen molar-refractivity contribution in [3.8, 4) is 0 Å². The van der Waals surface area contributed by atoms with Crippen LogP contribution in [0.4, 0.5) is 5.82 Å². The smallest absolute Gasteiger partial charge is 0.132 e. The molecule has 0 radical (unpaired) electrons. The molecule has 3 rings (SSSR count). The number of aryl methyl sites for hydroxylation is 2. The maximum atomic E-state index is 9.51. The topological polar surface area (TPSA) is 41.3 Å². The van der Waals surface area contributed by atoms with E-state index in [0.29, 0.717) is 0 Å². The molecule has 0 fully saturated rings. The first-order valence-corrected chi connectivity index (χ1v) is 6.15. The lowest BCUT2D eigenvalue weighted by Gasteiger charge is -2.19. The third-order valence-electron chi connectivity index (χ3n) is 3.61. The first kappa shape index (κ1) is 11.3. The van der Waals surface area contributed by atoms with Gasteiger partial charge in [-0.2, -0.15) is 5.10 Å². The second-order valence-electron chi connectivity index (χ2n) is 4.79. The van der Waals surface area contributed by atoms with E-state index in [1.54, 1.807) is 0 Å². The summed E-state index contributed by atoms with van der Waals surface area (Å²) in [5, 5.41) is 13.9. The SMILES string of the molecule is Cc1nn(C)c(N2Cc3ccccc3C2)c1CO. The normalized spacial score (nSPS) is 14.1. The Bertz CT molecular complexity index is 564. The highest BCUT2D eigenvalue weighted by atomic mass is 16.3. The molecule has 1 aliphatic heterocycles. The Hall–Kier alpha value is -1.81. The predicted molar refractivity (Wildman–Crippen MR) is 70.2 cm³/mol. The molecule has 1 aromatic carbocycles. The average molecular weight is 243 g/mol. The first-order chi connectivity index (χ1) is 8.70. The van der Waals surface area contributed by atoms with Crippen molar-refractivity contribution in [1.82, 2.24) is 9.78 Å². The fourth-order valence-electron chi connectivity index (χ4n) is 2.75. The van der Waals surface area contributed by atoms with Crippen LogP contribution in [0.3, 0.4) is 0 Å². The van der Waals surface area contributed by atoms with Gasteiger partial charge in [0.1, 0.15) is 5.82 Å². The molecule has 0 atom stereocenters. The van der Waals surface area contributed by atoms with Crippen molar-refractivity contribution in [2.45, 2.75) is 26.6 Å². The molecule has 0 saturated heterocycles. The summed E-state index contributed by atoms with van der Waals surface area (Å²) < 4.78 is 1.87. The Morgan fingerprint density at radius 1 is 1.22 bits per heavy atom. The zero-order chi connectivity index (χ0) is 12.7. The molecule has 0 aliphatic carbocycles. The van der Waals surface area contributed by atoms with E-state index in [2.05, 4.69) is 34.3 Å². The molecule has 0 amide bonds. The van der Waals surface area contributed by atoms with E-state index < -0.39 is 0 Å². The molecule has 1 aliphatic rings. The fourth-order valence-corrected chi connectivity index (χ4v) is 2.75. The van der Waals surface area contributed by atoms with E-state index in [4.69, 9.17) is 0 Å². The largest absolute Gasteiger partial charge is 0.391 e. The number of aliphatic hydroxyl groups is 1. The summed E-state index contributed by atoms with van der Waals surface area (Å²) in [6, 6.07) is 8.47. The van der Waals surface area contributed by atoms with Crippen molar-refractivity contribution in [1.29, 1.82) is 0 Å². The molecule has 2 heterocycles. The highest BCUT2D eigenvalue weighted by Gasteiger charge is 2.24. The van der Waals surface area contributed by atoms with Crippen LogP contribution in [0.15, 0.2) is 24.3 Å². The minimum absolute atomic E-state index is 0.0435. The van der Waals surface area contributed by atoms with Gasteiger partial charge in [-0.15, -0.1) is 0 Å². The van der Waals surface area contributed by atoms with E-state index in [0.717, 1.165) is 30.2 Å². The lowest BCUT2D eigenvalue weighted by molar-refractivity contribution is 0.281. The number of anilines is 1. The van der Waals surface area contributed by atoms with Crippen molar-refractivity contribution in [2.24, 2.45) is 7.05 Å². The molecule has 2 aromatic rings. The second kappa shape index (κ2) is 4.14. The number of aliphatic hydroxyl groups excluding tert-OH is 1. The lowest BCUT2D eigenvalue weighted by Crippen LogP contribution is -2.19. The second-order valence-corrected chi connectivity index (χ2v) is 4.79. The molecule has 1 N–H and O–H groups in total. The quantitative estimate of drug-likeness (QED) is 0.873. The van der Waals surface area contributed by atoms with Crippen LogP contribution < -0.4 is 4.90 Å². The number of nitrogens with zero attached hydrogens (tertiary/aromatic N) is 3. The molecule has 18 heavy (non-hydrogen) atoms. The van der Waals surface area contributed by atoms with Gasteiger partial charge in [0.2, 0.25) is 0 Å². The summed E-state index contributed by atoms with van der Waals surface area (Å²) in [5.74, 6) is 1.03. The van der Waals surface area contributed by atoms with E-state index in [1.807, 2.05) is 18.7 Å². The standard InChI is InChI=1S/C14H17N3O/c1-10-13(9-18)14(16(2)15-10)17-7-11-5-3-4-6-12(11)8-17/h3-6,18H,7-9H2,1-2H3. The van der Waals surface area contributed by atoms with Crippen molar-refractivity contribution in [2.75, 3.05) is 4.90 Å². The molecular formula is C14H17N3O. The maximum Gasteiger partial charge on any atom is 0.132 e. The highest BCUT2D eigenvalue weighted by molar-refractivity contribution is 5.54. The van der Waals surface area contributed by atoms with Gasteiger partial charge in [0.25, 0.3) is 0 Å². The minimum Gasteiger partial charge on any atom is -0.391 e. The zero-order valence-electron chi connectivity index (χ0n) is 10.7. The summed E-state index contributed by atoms with van der Waals surface area (Å²) in [6.45, 7) is 3.77. The van der Waals surface area contributed by atoms with E-state index >= 15 is 0 Å². The van der Waals surface area contributed by atoms with Crippen LogP contribution in [-0.4, -0.2) is 14.9 Å². The number of rotatable bonds is 2. The van der Waals surface area contributed by atoms with Gasteiger partial charge in [0.05, 0.1) is 12.3 Å². The number of fused-ring (bicyclic) bond motifs is 1. The third-order valence-corrected chi connectivity index (χ3v) is 3.61. The first-order valence-electron chi connectivity index (χ1n) is 6.15. The number of hydrogen-bond acceptors (Lipinski definition) is 3. The third kappa shape index (κ3) is 1.61. The fraction of sp³-hybridized carbons (Fsp3) is 0.357. The molecule has 0 unspecified atom stereocenters. The van der Waals surface area contributed by atoms with Crippen LogP contribution in [0.1, 0.15) is 22.4 Å². The summed E-state index contributed by atoms with van der Waals surface area (Å²) >= 11 is 0. The van der Waals surface area contributed by atoms with Crippen LogP contribution in [0.2, 0.25) is 0 Å². The van der Waals surface area contributed by atoms with Crippen molar-refractivity contribution < 1.29 is 5.11 Å². The van der Waals surface area contributed by atoms with Gasteiger partial charge >= 0.3 is 0 Å². The minimum atomic E-state index is 0.0435. The Labute approximate surface area is 106 Å². The van der Waals surface area contributed by atoms with Gasteiger partial charge in [-0.25, -0.2) is 0 Å². The zero-order valence-corrected chi connectivity index (χ0v) is 10.7. The summed E-state index contributed by atoms with van der Waals surface area (Å²) in [7, 11) is 1.94. The summed E-state index contributed by atoms with van der Waals surface area (Å²) in [6.07, 6.45) is 0. The van der Waals surface area contributed by atoms with Crippen molar-refractivity contribution in [3.05, 3.63) is 46.6 Å². The van der Waals surface area contributed by atoms with Crippen molar-refractivity contribution >= 4 is 5.82 Å². The molecule has 94 valence electrons. The molecule has 4 nitrogen and oxygen atoms in total. The maximum absolute atomic E-state index is 9.51. The van der Waals surface area contributed by atoms with Crippen LogP contribution in [0.25, 0.3) is 0 Å². The Kier molecular flexibility index (Phi) is 2.59. The van der Waals surface area contributed by atoms with Gasteiger partial charge in [-0.05, 0) is 18.1 Å². The Morgan fingerprint density at radius 2 is 1.83 bits per heavy atom. The molecule has 0 spiro atoms. The van der Waals surface area contributed by atoms with Crippen molar-refractivity contribution in [3.63, 3.8) is 0 Å². The molecule has 0 saturated carbocycles. The lowest BCUT2D eigenvalue weighted by atomic mass is 10.1. The van der Waals surface area contributed by atoms with Gasteiger partial charge in [-0.3, -0.25) is 4.68 Å². The summed E-state index contributed by atoms with van der Waals surface area (Å²) in [4.78, 5) is 2.27. The van der Waals surface area contributed by atoms with Crippen LogP contribution in [0.5, 0.6) is 0 Å². The summed E-state index contributed by atoms with van der Waals surface area (Å²) in [5.41, 5.74) is 4.57. The van der Waals surface area contributed by atoms with E-state index in [9.17, 15) is 5.11 Å².